The van der Waals surface area contributed by atoms with Crippen LogP contribution in [0.4, 0.5) is 0 Å². The number of guanidine groups is 1. The maximum absolute atomic E-state index is 5.33. The highest BCUT2D eigenvalue weighted by atomic mass is 16.5. The van der Waals surface area contributed by atoms with Crippen LogP contribution in [-0.4, -0.2) is 62.7 Å². The second kappa shape index (κ2) is 10.8. The zero-order valence-corrected chi connectivity index (χ0v) is 18.0. The van der Waals surface area contributed by atoms with E-state index in [-0.39, 0.29) is 0 Å². The van der Waals surface area contributed by atoms with Crippen LogP contribution in [0.2, 0.25) is 0 Å². The summed E-state index contributed by atoms with van der Waals surface area (Å²) in [6.45, 7) is 4.77. The Hall–Kier alpha value is -1.59. The molecule has 1 atom stereocenters. The second-order valence-corrected chi connectivity index (χ2v) is 8.43. The van der Waals surface area contributed by atoms with E-state index in [9.17, 15) is 0 Å². The molecule has 1 heterocycles. The van der Waals surface area contributed by atoms with Gasteiger partial charge in [-0.05, 0) is 37.4 Å². The Labute approximate surface area is 171 Å². The van der Waals surface area contributed by atoms with E-state index in [1.807, 2.05) is 7.05 Å². The van der Waals surface area contributed by atoms with Crippen molar-refractivity contribution in [1.82, 2.24) is 15.1 Å². The molecule has 1 aliphatic carbocycles. The number of rotatable bonds is 7. The number of methoxy groups -OCH3 is 1. The molecular weight excluding hydrogens is 348 g/mol. The molecule has 1 aliphatic heterocycles. The summed E-state index contributed by atoms with van der Waals surface area (Å²) in [7, 11) is 5.96. The van der Waals surface area contributed by atoms with Crippen molar-refractivity contribution in [3.63, 3.8) is 0 Å². The van der Waals surface area contributed by atoms with Crippen molar-refractivity contribution in [1.29, 1.82) is 0 Å². The van der Waals surface area contributed by atoms with Crippen LogP contribution in [0, 0.1) is 5.92 Å². The molecule has 0 spiro atoms. The van der Waals surface area contributed by atoms with E-state index in [0.717, 1.165) is 44.8 Å². The summed E-state index contributed by atoms with van der Waals surface area (Å²) < 4.78 is 5.33. The SMILES string of the molecule is CN=C(NCc1ccccc1CN(C)C1CCCCC1)N1CCC(COC)C1. The van der Waals surface area contributed by atoms with Gasteiger partial charge in [0, 0.05) is 52.3 Å². The van der Waals surface area contributed by atoms with Crippen molar-refractivity contribution in [2.45, 2.75) is 57.7 Å². The van der Waals surface area contributed by atoms with E-state index in [0.29, 0.717) is 5.92 Å². The Balaban J connectivity index is 1.56. The Morgan fingerprint density at radius 2 is 1.93 bits per heavy atom. The van der Waals surface area contributed by atoms with Gasteiger partial charge in [0.15, 0.2) is 5.96 Å². The van der Waals surface area contributed by atoms with E-state index >= 15 is 0 Å². The molecule has 2 aliphatic rings. The summed E-state index contributed by atoms with van der Waals surface area (Å²) in [5, 5.41) is 3.60. The zero-order valence-electron chi connectivity index (χ0n) is 18.0. The predicted molar refractivity (Wildman–Crippen MR) is 117 cm³/mol. The summed E-state index contributed by atoms with van der Waals surface area (Å²) in [5.74, 6) is 1.62. The lowest BCUT2D eigenvalue weighted by Gasteiger charge is -2.31. The minimum Gasteiger partial charge on any atom is -0.384 e. The van der Waals surface area contributed by atoms with Crippen LogP contribution in [0.1, 0.15) is 49.7 Å². The monoisotopic (exact) mass is 386 g/mol. The number of aliphatic imine (C=N–C) groups is 1. The fraction of sp³-hybridized carbons (Fsp3) is 0.696. The molecule has 3 rings (SSSR count). The smallest absolute Gasteiger partial charge is 0.193 e. The van der Waals surface area contributed by atoms with Crippen LogP contribution < -0.4 is 5.32 Å². The van der Waals surface area contributed by atoms with Gasteiger partial charge in [-0.1, -0.05) is 43.5 Å². The number of ether oxygens (including phenoxy) is 1. The minimum absolute atomic E-state index is 0.611. The quantitative estimate of drug-likeness (QED) is 0.575. The molecule has 2 fully saturated rings. The molecule has 28 heavy (non-hydrogen) atoms. The molecule has 156 valence electrons. The standard InChI is InChI=1S/C23H38N4O/c1-24-23(27-14-13-19(16-27)18-28-3)25-15-20-9-7-8-10-21(20)17-26(2)22-11-5-4-6-12-22/h7-10,19,22H,4-6,11-18H2,1-3H3,(H,24,25). The number of hydrogen-bond acceptors (Lipinski definition) is 3. The Morgan fingerprint density at radius 3 is 2.64 bits per heavy atom. The third-order valence-electron chi connectivity index (χ3n) is 6.37. The molecule has 1 aromatic carbocycles. The summed E-state index contributed by atoms with van der Waals surface area (Å²) in [5.41, 5.74) is 2.80. The van der Waals surface area contributed by atoms with Gasteiger partial charge in [0.2, 0.25) is 0 Å². The number of likely N-dealkylation sites (tertiary alicyclic amines) is 1. The van der Waals surface area contributed by atoms with E-state index in [2.05, 4.69) is 51.4 Å². The first-order valence-corrected chi connectivity index (χ1v) is 10.9. The van der Waals surface area contributed by atoms with Gasteiger partial charge in [-0.25, -0.2) is 0 Å². The Bertz CT molecular complexity index is 627. The number of benzene rings is 1. The molecule has 5 nitrogen and oxygen atoms in total. The van der Waals surface area contributed by atoms with Crippen molar-refractivity contribution in [3.8, 4) is 0 Å². The third-order valence-corrected chi connectivity index (χ3v) is 6.37. The molecule has 1 unspecified atom stereocenters. The van der Waals surface area contributed by atoms with Crippen molar-refractivity contribution in [3.05, 3.63) is 35.4 Å². The largest absolute Gasteiger partial charge is 0.384 e. The number of hydrogen-bond donors (Lipinski definition) is 1. The molecule has 0 radical (unpaired) electrons. The molecule has 1 aromatic rings. The summed E-state index contributed by atoms with van der Waals surface area (Å²) >= 11 is 0. The average molecular weight is 387 g/mol. The first-order valence-electron chi connectivity index (χ1n) is 10.9. The summed E-state index contributed by atoms with van der Waals surface area (Å²) in [6.07, 6.45) is 8.05. The zero-order chi connectivity index (χ0) is 19.8. The molecule has 5 heteroatoms. The molecule has 1 saturated heterocycles. The highest BCUT2D eigenvalue weighted by Crippen LogP contribution is 2.23. The lowest BCUT2D eigenvalue weighted by Crippen LogP contribution is -2.40. The van der Waals surface area contributed by atoms with E-state index in [1.165, 1.54) is 49.7 Å². The summed E-state index contributed by atoms with van der Waals surface area (Å²) in [6, 6.07) is 9.59. The van der Waals surface area contributed by atoms with Gasteiger partial charge in [-0.3, -0.25) is 9.89 Å². The van der Waals surface area contributed by atoms with Gasteiger partial charge >= 0.3 is 0 Å². The number of nitrogens with zero attached hydrogens (tertiary/aromatic N) is 3. The second-order valence-electron chi connectivity index (χ2n) is 8.43. The fourth-order valence-corrected chi connectivity index (χ4v) is 4.71. The molecule has 0 aromatic heterocycles. The van der Waals surface area contributed by atoms with Crippen LogP contribution in [0.25, 0.3) is 0 Å². The first-order chi connectivity index (χ1) is 13.7. The van der Waals surface area contributed by atoms with E-state index in [1.54, 1.807) is 7.11 Å². The van der Waals surface area contributed by atoms with Crippen LogP contribution in [-0.2, 0) is 17.8 Å². The highest BCUT2D eigenvalue weighted by molar-refractivity contribution is 5.80. The lowest BCUT2D eigenvalue weighted by atomic mass is 9.94. The van der Waals surface area contributed by atoms with Crippen LogP contribution in [0.3, 0.4) is 0 Å². The maximum atomic E-state index is 5.33. The maximum Gasteiger partial charge on any atom is 0.193 e. The predicted octanol–water partition coefficient (Wildman–Crippen LogP) is 3.49. The summed E-state index contributed by atoms with van der Waals surface area (Å²) in [4.78, 5) is 9.44. The van der Waals surface area contributed by atoms with Gasteiger partial charge in [-0.15, -0.1) is 0 Å². The molecule has 0 amide bonds. The molecule has 1 saturated carbocycles. The van der Waals surface area contributed by atoms with E-state index < -0.39 is 0 Å². The van der Waals surface area contributed by atoms with Gasteiger partial charge in [0.1, 0.15) is 0 Å². The van der Waals surface area contributed by atoms with Crippen molar-refractivity contribution >= 4 is 5.96 Å². The highest BCUT2D eigenvalue weighted by Gasteiger charge is 2.25. The fourth-order valence-electron chi connectivity index (χ4n) is 4.71. The number of nitrogens with one attached hydrogen (secondary N) is 1. The van der Waals surface area contributed by atoms with Gasteiger partial charge < -0.3 is 15.0 Å². The van der Waals surface area contributed by atoms with Crippen molar-refractivity contribution in [2.75, 3.05) is 40.9 Å². The molecular formula is C23H38N4O. The normalized spacial score (nSPS) is 21.5. The third kappa shape index (κ3) is 5.71. The Morgan fingerprint density at radius 1 is 1.18 bits per heavy atom. The Kier molecular flexibility index (Phi) is 8.16. The van der Waals surface area contributed by atoms with Gasteiger partial charge in [0.25, 0.3) is 0 Å². The van der Waals surface area contributed by atoms with Crippen LogP contribution in [0.15, 0.2) is 29.3 Å². The minimum atomic E-state index is 0.611. The lowest BCUT2D eigenvalue weighted by molar-refractivity contribution is 0.157. The topological polar surface area (TPSA) is 40.1 Å². The van der Waals surface area contributed by atoms with Crippen LogP contribution >= 0.6 is 0 Å². The van der Waals surface area contributed by atoms with Crippen molar-refractivity contribution in [2.24, 2.45) is 10.9 Å². The van der Waals surface area contributed by atoms with Crippen LogP contribution in [0.5, 0.6) is 0 Å². The average Bonchev–Trinajstić information content (AvgIpc) is 3.19. The first kappa shape index (κ1) is 21.1. The van der Waals surface area contributed by atoms with Gasteiger partial charge in [0.05, 0.1) is 6.61 Å². The van der Waals surface area contributed by atoms with Crippen molar-refractivity contribution < 1.29 is 4.74 Å². The van der Waals surface area contributed by atoms with Gasteiger partial charge in [-0.2, -0.15) is 0 Å². The van der Waals surface area contributed by atoms with E-state index in [4.69, 9.17) is 4.74 Å². The molecule has 0 bridgehead atoms. The molecule has 1 N–H and O–H groups in total.